The van der Waals surface area contributed by atoms with Crippen molar-refractivity contribution < 1.29 is 9.47 Å². The van der Waals surface area contributed by atoms with Crippen molar-refractivity contribution in [1.29, 1.82) is 0 Å². The van der Waals surface area contributed by atoms with Crippen molar-refractivity contribution in [2.45, 2.75) is 52.2 Å². The van der Waals surface area contributed by atoms with Gasteiger partial charge in [0.05, 0.1) is 12.1 Å². The number of benzene rings is 2. The highest BCUT2D eigenvalue weighted by atomic mass is 35.5. The molecule has 0 atom stereocenters. The molecule has 31 heavy (non-hydrogen) atoms. The van der Waals surface area contributed by atoms with Crippen LogP contribution in [-0.2, 0) is 13.2 Å². The standard InChI is InChI=1S/C25H32ClN3O2/c1-2-16-29-22-6-3-7-23(30-17-4-5-19-12-14-27-15-13-19)25(22)28-24(29)18-31-21-10-8-20(26)9-11-21/h3,6-11,19,27H,2,4-5,12-18H2,1H3. The zero-order chi connectivity index (χ0) is 21.5. The van der Waals surface area contributed by atoms with Crippen LogP contribution in [0.1, 0.15) is 44.9 Å². The molecule has 166 valence electrons. The number of hydrogen-bond donors (Lipinski definition) is 1. The molecule has 2 heterocycles. The monoisotopic (exact) mass is 441 g/mol. The Labute approximate surface area is 189 Å². The molecule has 0 unspecified atom stereocenters. The molecule has 3 aromatic rings. The minimum Gasteiger partial charge on any atom is -0.491 e. The molecule has 1 saturated heterocycles. The van der Waals surface area contributed by atoms with Crippen LogP contribution in [0.2, 0.25) is 5.02 Å². The molecule has 0 aliphatic carbocycles. The van der Waals surface area contributed by atoms with Crippen LogP contribution in [-0.4, -0.2) is 29.2 Å². The van der Waals surface area contributed by atoms with Crippen molar-refractivity contribution in [1.82, 2.24) is 14.9 Å². The largest absolute Gasteiger partial charge is 0.491 e. The minimum atomic E-state index is 0.408. The van der Waals surface area contributed by atoms with Crippen LogP contribution in [0.4, 0.5) is 0 Å². The summed E-state index contributed by atoms with van der Waals surface area (Å²) >= 11 is 5.97. The van der Waals surface area contributed by atoms with Gasteiger partial charge in [0.1, 0.15) is 29.4 Å². The van der Waals surface area contributed by atoms with Gasteiger partial charge in [-0.3, -0.25) is 0 Å². The van der Waals surface area contributed by atoms with E-state index in [0.29, 0.717) is 11.6 Å². The van der Waals surface area contributed by atoms with Crippen molar-refractivity contribution in [3.05, 3.63) is 53.3 Å². The van der Waals surface area contributed by atoms with E-state index < -0.39 is 0 Å². The van der Waals surface area contributed by atoms with E-state index in [-0.39, 0.29) is 0 Å². The van der Waals surface area contributed by atoms with Crippen molar-refractivity contribution in [3.63, 3.8) is 0 Å². The maximum Gasteiger partial charge on any atom is 0.148 e. The van der Waals surface area contributed by atoms with Crippen LogP contribution in [0.25, 0.3) is 11.0 Å². The Bertz CT molecular complexity index is 965. The van der Waals surface area contributed by atoms with E-state index >= 15 is 0 Å². The highest BCUT2D eigenvalue weighted by Gasteiger charge is 2.16. The first kappa shape index (κ1) is 22.0. The first-order valence-electron chi connectivity index (χ1n) is 11.4. The number of rotatable bonds is 10. The summed E-state index contributed by atoms with van der Waals surface area (Å²) in [4.78, 5) is 4.91. The van der Waals surface area contributed by atoms with Gasteiger partial charge in [-0.05, 0) is 87.5 Å². The van der Waals surface area contributed by atoms with E-state index in [2.05, 4.69) is 28.9 Å². The Balaban J connectivity index is 1.44. The fourth-order valence-electron chi connectivity index (χ4n) is 4.27. The molecule has 5 nitrogen and oxygen atoms in total. The summed E-state index contributed by atoms with van der Waals surface area (Å²) in [6, 6.07) is 13.6. The van der Waals surface area contributed by atoms with Gasteiger partial charge in [-0.15, -0.1) is 0 Å². The summed E-state index contributed by atoms with van der Waals surface area (Å²) in [5.74, 6) is 3.40. The molecule has 6 heteroatoms. The third kappa shape index (κ3) is 5.72. The normalized spacial score (nSPS) is 14.8. The number of aromatic nitrogens is 2. The Morgan fingerprint density at radius 3 is 2.68 bits per heavy atom. The zero-order valence-electron chi connectivity index (χ0n) is 18.3. The van der Waals surface area contributed by atoms with Gasteiger partial charge in [-0.1, -0.05) is 24.6 Å². The number of nitrogens with one attached hydrogen (secondary N) is 1. The summed E-state index contributed by atoms with van der Waals surface area (Å²) in [5, 5.41) is 4.14. The summed E-state index contributed by atoms with van der Waals surface area (Å²) in [6.07, 6.45) is 5.92. The van der Waals surface area contributed by atoms with Crippen molar-refractivity contribution >= 4 is 22.6 Å². The first-order valence-corrected chi connectivity index (χ1v) is 11.8. The van der Waals surface area contributed by atoms with Crippen LogP contribution < -0.4 is 14.8 Å². The number of para-hydroxylation sites is 1. The molecule has 0 spiro atoms. The third-order valence-electron chi connectivity index (χ3n) is 5.92. The number of hydrogen-bond acceptors (Lipinski definition) is 4. The van der Waals surface area contributed by atoms with Crippen LogP contribution in [0.5, 0.6) is 11.5 Å². The highest BCUT2D eigenvalue weighted by Crippen LogP contribution is 2.28. The molecule has 2 aromatic carbocycles. The molecule has 1 aliphatic rings. The molecule has 1 aliphatic heterocycles. The van der Waals surface area contributed by atoms with E-state index in [1.54, 1.807) is 0 Å². The minimum absolute atomic E-state index is 0.408. The van der Waals surface area contributed by atoms with Gasteiger partial charge >= 0.3 is 0 Å². The molecule has 0 radical (unpaired) electrons. The second kappa shape index (κ2) is 10.9. The first-order chi connectivity index (χ1) is 15.2. The van der Waals surface area contributed by atoms with Gasteiger partial charge in [0.25, 0.3) is 0 Å². The lowest BCUT2D eigenvalue weighted by Gasteiger charge is -2.22. The van der Waals surface area contributed by atoms with Crippen LogP contribution in [0.15, 0.2) is 42.5 Å². The topological polar surface area (TPSA) is 48.3 Å². The highest BCUT2D eigenvalue weighted by molar-refractivity contribution is 6.30. The SMILES string of the molecule is CCCn1c(COc2ccc(Cl)cc2)nc2c(OCCCC3CCNCC3)cccc21. The number of fused-ring (bicyclic) bond motifs is 1. The number of piperidine rings is 1. The van der Waals surface area contributed by atoms with Crippen LogP contribution in [0.3, 0.4) is 0 Å². The maximum atomic E-state index is 6.19. The van der Waals surface area contributed by atoms with E-state index in [0.717, 1.165) is 73.4 Å². The molecule has 1 aromatic heterocycles. The van der Waals surface area contributed by atoms with Gasteiger partial charge < -0.3 is 19.4 Å². The van der Waals surface area contributed by atoms with Gasteiger partial charge in [0.15, 0.2) is 0 Å². The average Bonchev–Trinajstić information content (AvgIpc) is 3.15. The van der Waals surface area contributed by atoms with Gasteiger partial charge in [-0.2, -0.15) is 0 Å². The van der Waals surface area contributed by atoms with Gasteiger partial charge in [0.2, 0.25) is 0 Å². The van der Waals surface area contributed by atoms with Crippen LogP contribution in [0, 0.1) is 5.92 Å². The van der Waals surface area contributed by atoms with E-state index in [1.807, 2.05) is 30.3 Å². The van der Waals surface area contributed by atoms with Crippen molar-refractivity contribution in [2.75, 3.05) is 19.7 Å². The van der Waals surface area contributed by atoms with Gasteiger partial charge in [-0.25, -0.2) is 4.98 Å². The lowest BCUT2D eigenvalue weighted by molar-refractivity contribution is 0.275. The lowest BCUT2D eigenvalue weighted by atomic mass is 9.93. The van der Waals surface area contributed by atoms with Gasteiger partial charge in [0, 0.05) is 11.6 Å². The Morgan fingerprint density at radius 1 is 1.10 bits per heavy atom. The second-order valence-corrected chi connectivity index (χ2v) is 8.67. The molecular weight excluding hydrogens is 410 g/mol. The third-order valence-corrected chi connectivity index (χ3v) is 6.17. The Hall–Kier alpha value is -2.24. The van der Waals surface area contributed by atoms with E-state index in [1.165, 1.54) is 19.3 Å². The fourth-order valence-corrected chi connectivity index (χ4v) is 4.40. The van der Waals surface area contributed by atoms with E-state index in [4.69, 9.17) is 26.1 Å². The molecule has 0 saturated carbocycles. The lowest BCUT2D eigenvalue weighted by Crippen LogP contribution is -2.27. The molecular formula is C25H32ClN3O2. The smallest absolute Gasteiger partial charge is 0.148 e. The van der Waals surface area contributed by atoms with E-state index in [9.17, 15) is 0 Å². The number of nitrogens with zero attached hydrogens (tertiary/aromatic N) is 2. The quantitative estimate of drug-likeness (QED) is 0.401. The second-order valence-electron chi connectivity index (χ2n) is 8.23. The van der Waals surface area contributed by atoms with Crippen molar-refractivity contribution in [2.24, 2.45) is 5.92 Å². The molecule has 4 rings (SSSR count). The summed E-state index contributed by atoms with van der Waals surface area (Å²) < 4.78 is 14.4. The summed E-state index contributed by atoms with van der Waals surface area (Å²) in [5.41, 5.74) is 2.03. The maximum absolute atomic E-state index is 6.19. The molecule has 1 fully saturated rings. The fraction of sp³-hybridized carbons (Fsp3) is 0.480. The Morgan fingerprint density at radius 2 is 1.90 bits per heavy atom. The Kier molecular flexibility index (Phi) is 7.71. The summed E-state index contributed by atoms with van der Waals surface area (Å²) in [6.45, 7) is 6.53. The number of ether oxygens (including phenoxy) is 2. The number of imidazole rings is 1. The summed E-state index contributed by atoms with van der Waals surface area (Å²) in [7, 11) is 0. The predicted molar refractivity (Wildman–Crippen MR) is 126 cm³/mol. The number of aryl methyl sites for hydroxylation is 1. The predicted octanol–water partition coefficient (Wildman–Crippen LogP) is 5.84. The molecule has 0 bridgehead atoms. The van der Waals surface area contributed by atoms with Crippen molar-refractivity contribution in [3.8, 4) is 11.5 Å². The average molecular weight is 442 g/mol. The molecule has 1 N–H and O–H groups in total. The molecule has 0 amide bonds. The zero-order valence-corrected chi connectivity index (χ0v) is 19.0. The number of halogens is 1. The van der Waals surface area contributed by atoms with Crippen LogP contribution >= 0.6 is 11.6 Å².